The number of rotatable bonds is 0. The Balaban J connectivity index is -0.0000000133. The Morgan fingerprint density at radius 1 is 0.800 bits per heavy atom. The van der Waals surface area contributed by atoms with Crippen molar-refractivity contribution in [3.05, 3.63) is 0 Å². The molecule has 0 amide bonds. The van der Waals surface area contributed by atoms with E-state index in [2.05, 4.69) is 11.4 Å². The SMILES string of the molecule is C[AsH2].C[AsH2].[Ca]. The van der Waals surface area contributed by atoms with Crippen molar-refractivity contribution in [3.63, 3.8) is 0 Å². The molecular formula is C2H10As2Ca. The summed E-state index contributed by atoms with van der Waals surface area (Å²) >= 11 is 3.38. The zero-order chi connectivity index (χ0) is 4.00. The third kappa shape index (κ3) is 21.6. The molecule has 30 valence electrons. The van der Waals surface area contributed by atoms with Crippen LogP contribution < -0.4 is 0 Å². The van der Waals surface area contributed by atoms with Gasteiger partial charge < -0.3 is 0 Å². The average molecular weight is 224 g/mol. The molecule has 0 aliphatic carbocycles. The van der Waals surface area contributed by atoms with Gasteiger partial charge in [-0.1, -0.05) is 0 Å². The summed E-state index contributed by atoms with van der Waals surface area (Å²) in [6.07, 6.45) is 0. The second kappa shape index (κ2) is 32.6. The number of hydrogen-bond donors (Lipinski definition) is 0. The van der Waals surface area contributed by atoms with Crippen molar-refractivity contribution in [1.82, 2.24) is 0 Å². The van der Waals surface area contributed by atoms with Crippen LogP contribution in [-0.2, 0) is 0 Å². The first-order valence-corrected chi connectivity index (χ1v) is 6.00. The van der Waals surface area contributed by atoms with E-state index in [-0.39, 0.29) is 37.7 Å². The molecule has 5 heavy (non-hydrogen) atoms. The van der Waals surface area contributed by atoms with Crippen LogP contribution in [0.15, 0.2) is 0 Å². The Bertz CT molecular complexity index is 7.61. The van der Waals surface area contributed by atoms with E-state index < -0.39 is 0 Å². The van der Waals surface area contributed by atoms with Gasteiger partial charge in [0, 0.05) is 37.7 Å². The minimum atomic E-state index is 0. The van der Waals surface area contributed by atoms with Gasteiger partial charge in [0.05, 0.1) is 0 Å². The molecule has 0 saturated carbocycles. The zero-order valence-electron chi connectivity index (χ0n) is 3.86. The van der Waals surface area contributed by atoms with Gasteiger partial charge in [0.25, 0.3) is 0 Å². The average Bonchev–Trinajstić information content (AvgIpc) is 1.50. The number of hydrogen-bond acceptors (Lipinski definition) is 0. The molecule has 0 aromatic carbocycles. The van der Waals surface area contributed by atoms with Gasteiger partial charge in [-0.25, -0.2) is 0 Å². The smallest absolute Gasteiger partial charge is 0 e. The third-order valence-corrected chi connectivity index (χ3v) is 0. The standard InChI is InChI=1S/2CH5As.Ca/c2*1-2;/h2*2H2,1H3;. The summed E-state index contributed by atoms with van der Waals surface area (Å²) in [6, 6.07) is 0. The Kier molecular flexibility index (Phi) is 102. The maximum atomic E-state index is 2.06. The molecule has 0 aromatic heterocycles. The van der Waals surface area contributed by atoms with Crippen LogP contribution in [0.4, 0.5) is 0 Å². The van der Waals surface area contributed by atoms with E-state index in [1.54, 1.807) is 33.7 Å². The van der Waals surface area contributed by atoms with E-state index in [0.717, 1.165) is 0 Å². The second-order valence-corrected chi connectivity index (χ2v) is 0. The largest absolute Gasteiger partial charge is 0 e. The molecule has 0 N–H and O–H groups in total. The first-order valence-electron chi connectivity index (χ1n) is 1.15. The van der Waals surface area contributed by atoms with E-state index in [1.807, 2.05) is 0 Å². The monoisotopic (exact) mass is 224 g/mol. The molecule has 0 saturated heterocycles. The van der Waals surface area contributed by atoms with Gasteiger partial charge in [0.1, 0.15) is 0 Å². The third-order valence-electron chi connectivity index (χ3n) is 0. The van der Waals surface area contributed by atoms with Gasteiger partial charge >= 0.3 is 45.1 Å². The summed E-state index contributed by atoms with van der Waals surface area (Å²) < 4.78 is 0. The Morgan fingerprint density at radius 2 is 0.800 bits per heavy atom. The van der Waals surface area contributed by atoms with Crippen LogP contribution in [0, 0.1) is 0 Å². The van der Waals surface area contributed by atoms with Gasteiger partial charge in [-0.2, -0.15) is 0 Å². The predicted molar refractivity (Wildman–Crippen MR) is 34.6 cm³/mol. The molecule has 0 heterocycles. The van der Waals surface area contributed by atoms with Crippen LogP contribution in [0.3, 0.4) is 0 Å². The summed E-state index contributed by atoms with van der Waals surface area (Å²) in [5.74, 6) is 0. The topological polar surface area (TPSA) is 0 Å². The predicted octanol–water partition coefficient (Wildman–Crippen LogP) is -1.05. The molecule has 0 fully saturated rings. The molecule has 0 rings (SSSR count). The van der Waals surface area contributed by atoms with Crippen LogP contribution in [0.25, 0.3) is 0 Å². The molecule has 3 heteroatoms. The van der Waals surface area contributed by atoms with Gasteiger partial charge in [-0.15, -0.1) is 0 Å². The van der Waals surface area contributed by atoms with Crippen molar-refractivity contribution in [3.8, 4) is 0 Å². The van der Waals surface area contributed by atoms with Gasteiger partial charge in [0.2, 0.25) is 0 Å². The van der Waals surface area contributed by atoms with Gasteiger partial charge in [0.15, 0.2) is 0 Å². The van der Waals surface area contributed by atoms with Crippen molar-refractivity contribution >= 4 is 71.4 Å². The maximum absolute atomic E-state index is 2.06. The summed E-state index contributed by atoms with van der Waals surface area (Å²) in [4.78, 5) is 0. The Morgan fingerprint density at radius 3 is 0.800 bits per heavy atom. The summed E-state index contributed by atoms with van der Waals surface area (Å²) in [5, 5.41) is 0. The van der Waals surface area contributed by atoms with E-state index in [9.17, 15) is 0 Å². The van der Waals surface area contributed by atoms with Crippen molar-refractivity contribution in [2.45, 2.75) is 11.4 Å². The van der Waals surface area contributed by atoms with E-state index in [0.29, 0.717) is 0 Å². The fourth-order valence-electron chi connectivity index (χ4n) is 0. The molecular weight excluding hydrogens is 214 g/mol. The van der Waals surface area contributed by atoms with Crippen LogP contribution in [0.2, 0.25) is 11.4 Å². The van der Waals surface area contributed by atoms with Gasteiger partial charge in [-0.3, -0.25) is 0 Å². The summed E-state index contributed by atoms with van der Waals surface area (Å²) in [5.41, 5.74) is 4.12. The van der Waals surface area contributed by atoms with Crippen LogP contribution in [0.1, 0.15) is 0 Å². The van der Waals surface area contributed by atoms with E-state index in [1.165, 1.54) is 0 Å². The minimum Gasteiger partial charge on any atom is 0 e. The fourth-order valence-corrected chi connectivity index (χ4v) is 0. The molecule has 0 aromatic rings. The Labute approximate surface area is 81.5 Å². The minimum absolute atomic E-state index is 0. The van der Waals surface area contributed by atoms with Crippen molar-refractivity contribution in [1.29, 1.82) is 0 Å². The molecule has 2 unspecified atom stereocenters. The summed E-state index contributed by atoms with van der Waals surface area (Å²) in [7, 11) is 0. The molecule has 2 atom stereocenters. The van der Waals surface area contributed by atoms with Crippen LogP contribution in [0.5, 0.6) is 0 Å². The Hall–Kier alpha value is 2.38. The molecule has 0 nitrogen and oxygen atoms in total. The first-order chi connectivity index (χ1) is 2.00. The van der Waals surface area contributed by atoms with Crippen molar-refractivity contribution in [2.24, 2.45) is 0 Å². The first kappa shape index (κ1) is 15.7. The maximum Gasteiger partial charge on any atom is 0 e. The molecule has 0 spiro atoms. The fraction of sp³-hybridized carbons (Fsp3) is 1.00. The van der Waals surface area contributed by atoms with Crippen LogP contribution >= 0.6 is 0 Å². The molecule has 0 aliphatic rings. The summed E-state index contributed by atoms with van der Waals surface area (Å²) in [6.45, 7) is 0. The van der Waals surface area contributed by atoms with Crippen molar-refractivity contribution < 1.29 is 0 Å². The van der Waals surface area contributed by atoms with Crippen LogP contribution in [-0.4, -0.2) is 71.4 Å². The normalized spacial score (nSPS) is 2.40. The zero-order valence-corrected chi connectivity index (χ0v) is 10.9. The molecule has 0 aliphatic heterocycles. The van der Waals surface area contributed by atoms with E-state index >= 15 is 0 Å². The quantitative estimate of drug-likeness (QED) is 0.461. The molecule has 0 bridgehead atoms. The van der Waals surface area contributed by atoms with Gasteiger partial charge in [-0.05, 0) is 0 Å². The van der Waals surface area contributed by atoms with E-state index in [4.69, 9.17) is 0 Å². The van der Waals surface area contributed by atoms with Crippen molar-refractivity contribution in [2.75, 3.05) is 0 Å². The second-order valence-electron chi connectivity index (χ2n) is 0. The molecule has 2 radical (unpaired) electrons.